The van der Waals surface area contributed by atoms with Gasteiger partial charge in [-0.3, -0.25) is 0 Å². The summed E-state index contributed by atoms with van der Waals surface area (Å²) in [6, 6.07) is 7.42. The van der Waals surface area contributed by atoms with Gasteiger partial charge < -0.3 is 16.0 Å². The van der Waals surface area contributed by atoms with Crippen molar-refractivity contribution in [3.8, 4) is 17.5 Å². The van der Waals surface area contributed by atoms with Crippen LogP contribution >= 0.6 is 23.2 Å². The molecular formula is C20H20Cl2N6. The Morgan fingerprint density at radius 1 is 1.14 bits per heavy atom. The average Bonchev–Trinajstić information content (AvgIpc) is 2.68. The lowest BCUT2D eigenvalue weighted by molar-refractivity contribution is 0.711. The summed E-state index contributed by atoms with van der Waals surface area (Å²) in [5.74, 6) is 2.23. The molecule has 144 valence electrons. The normalized spacial score (nSPS) is 13.1. The standard InChI is InChI=1S/C20H20Cl2N6/c1-12-13(2)27-20(16-5-4-15(21)9-17(16)22)28-19(12)25-8-7-24-18-6-3-14(10-23)11-26-18/h3-6,9,24,26H,7-8,11H2,1-2H3,(H,25,27,28). The van der Waals surface area contributed by atoms with E-state index < -0.39 is 0 Å². The molecule has 0 spiro atoms. The number of halogens is 2. The Balaban J connectivity index is 1.67. The predicted molar refractivity (Wildman–Crippen MR) is 113 cm³/mol. The molecule has 0 saturated carbocycles. The van der Waals surface area contributed by atoms with Crippen LogP contribution in [0.25, 0.3) is 11.4 Å². The van der Waals surface area contributed by atoms with Crippen LogP contribution in [0.15, 0.2) is 41.7 Å². The van der Waals surface area contributed by atoms with Crippen molar-refractivity contribution in [2.24, 2.45) is 0 Å². The fraction of sp³-hybridized carbons (Fsp3) is 0.250. The minimum atomic E-state index is 0.517. The summed E-state index contributed by atoms with van der Waals surface area (Å²) >= 11 is 12.3. The van der Waals surface area contributed by atoms with E-state index >= 15 is 0 Å². The molecule has 3 N–H and O–H groups in total. The Kier molecular flexibility index (Phi) is 6.40. The number of rotatable bonds is 6. The third-order valence-electron chi connectivity index (χ3n) is 4.36. The first-order chi connectivity index (χ1) is 13.5. The molecule has 2 aromatic rings. The number of hydrogen-bond acceptors (Lipinski definition) is 6. The highest BCUT2D eigenvalue weighted by molar-refractivity contribution is 6.36. The van der Waals surface area contributed by atoms with Gasteiger partial charge in [0.25, 0.3) is 0 Å². The molecule has 0 radical (unpaired) electrons. The molecule has 1 aliphatic rings. The van der Waals surface area contributed by atoms with Crippen molar-refractivity contribution in [2.75, 3.05) is 25.0 Å². The van der Waals surface area contributed by atoms with E-state index in [1.54, 1.807) is 12.1 Å². The largest absolute Gasteiger partial charge is 0.370 e. The first-order valence-electron chi connectivity index (χ1n) is 8.81. The Labute approximate surface area is 174 Å². The van der Waals surface area contributed by atoms with Gasteiger partial charge in [0.05, 0.1) is 23.5 Å². The summed E-state index contributed by atoms with van der Waals surface area (Å²) < 4.78 is 0. The highest BCUT2D eigenvalue weighted by atomic mass is 35.5. The van der Waals surface area contributed by atoms with E-state index in [9.17, 15) is 0 Å². The summed E-state index contributed by atoms with van der Waals surface area (Å²) in [5, 5.41) is 19.7. The molecule has 0 unspecified atom stereocenters. The summed E-state index contributed by atoms with van der Waals surface area (Å²) in [6.45, 7) is 5.83. The van der Waals surface area contributed by atoms with E-state index in [0.29, 0.717) is 41.1 Å². The first kappa shape index (κ1) is 20.0. The van der Waals surface area contributed by atoms with Crippen LogP contribution in [0.3, 0.4) is 0 Å². The molecule has 8 heteroatoms. The number of nitrogens with zero attached hydrogens (tertiary/aromatic N) is 3. The maximum Gasteiger partial charge on any atom is 0.163 e. The van der Waals surface area contributed by atoms with Crippen LogP contribution in [0.4, 0.5) is 5.82 Å². The second-order valence-corrected chi connectivity index (χ2v) is 7.17. The number of allylic oxidation sites excluding steroid dienone is 2. The lowest BCUT2D eigenvalue weighted by atomic mass is 10.2. The minimum absolute atomic E-state index is 0.517. The second kappa shape index (κ2) is 8.96. The fourth-order valence-electron chi connectivity index (χ4n) is 2.66. The van der Waals surface area contributed by atoms with E-state index in [4.69, 9.17) is 28.5 Å². The SMILES string of the molecule is Cc1nc(-c2ccc(Cl)cc2Cl)nc(NCCNC2=CC=C(C#N)CN2)c1C. The van der Waals surface area contributed by atoms with Gasteiger partial charge in [-0.05, 0) is 44.2 Å². The van der Waals surface area contributed by atoms with Gasteiger partial charge in [-0.2, -0.15) is 5.26 Å². The maximum atomic E-state index is 8.86. The van der Waals surface area contributed by atoms with Crippen LogP contribution in [-0.4, -0.2) is 29.6 Å². The number of nitriles is 1. The molecule has 2 heterocycles. The highest BCUT2D eigenvalue weighted by Crippen LogP contribution is 2.29. The Bertz CT molecular complexity index is 991. The summed E-state index contributed by atoms with van der Waals surface area (Å²) in [6.07, 6.45) is 3.68. The van der Waals surface area contributed by atoms with Crippen molar-refractivity contribution < 1.29 is 0 Å². The molecule has 0 aliphatic carbocycles. The van der Waals surface area contributed by atoms with Crippen molar-refractivity contribution in [1.82, 2.24) is 20.6 Å². The number of nitrogens with one attached hydrogen (secondary N) is 3. The number of benzene rings is 1. The van der Waals surface area contributed by atoms with E-state index in [1.807, 2.05) is 32.1 Å². The molecule has 0 amide bonds. The van der Waals surface area contributed by atoms with Gasteiger partial charge in [0.2, 0.25) is 0 Å². The van der Waals surface area contributed by atoms with Crippen molar-refractivity contribution in [2.45, 2.75) is 13.8 Å². The molecule has 1 aromatic carbocycles. The van der Waals surface area contributed by atoms with Crippen LogP contribution in [0.5, 0.6) is 0 Å². The van der Waals surface area contributed by atoms with Gasteiger partial charge in [-0.15, -0.1) is 0 Å². The van der Waals surface area contributed by atoms with Gasteiger partial charge in [-0.1, -0.05) is 23.2 Å². The molecular weight excluding hydrogens is 395 g/mol. The topological polar surface area (TPSA) is 85.7 Å². The number of dihydropyridines is 1. The van der Waals surface area contributed by atoms with Crippen molar-refractivity contribution in [3.05, 3.63) is 63.0 Å². The smallest absolute Gasteiger partial charge is 0.163 e. The monoisotopic (exact) mass is 414 g/mol. The molecule has 6 nitrogen and oxygen atoms in total. The van der Waals surface area contributed by atoms with E-state index in [2.05, 4.69) is 32.0 Å². The molecule has 0 saturated heterocycles. The Hall–Kier alpha value is -2.75. The first-order valence-corrected chi connectivity index (χ1v) is 9.56. The van der Waals surface area contributed by atoms with Crippen molar-refractivity contribution >= 4 is 29.0 Å². The zero-order chi connectivity index (χ0) is 20.1. The maximum absolute atomic E-state index is 8.86. The van der Waals surface area contributed by atoms with Crippen molar-refractivity contribution in [3.63, 3.8) is 0 Å². The Morgan fingerprint density at radius 2 is 1.93 bits per heavy atom. The quantitative estimate of drug-likeness (QED) is 0.620. The van der Waals surface area contributed by atoms with Gasteiger partial charge in [0.1, 0.15) is 5.82 Å². The molecule has 0 bridgehead atoms. The van der Waals surface area contributed by atoms with Crippen LogP contribution in [0.2, 0.25) is 10.0 Å². The second-order valence-electron chi connectivity index (χ2n) is 6.32. The predicted octanol–water partition coefficient (Wildman–Crippen LogP) is 3.96. The molecule has 28 heavy (non-hydrogen) atoms. The molecule has 1 aliphatic heterocycles. The van der Waals surface area contributed by atoms with Crippen LogP contribution in [0.1, 0.15) is 11.3 Å². The molecule has 3 rings (SSSR count). The number of hydrogen-bond donors (Lipinski definition) is 3. The molecule has 1 aromatic heterocycles. The van der Waals surface area contributed by atoms with Gasteiger partial charge >= 0.3 is 0 Å². The highest BCUT2D eigenvalue weighted by Gasteiger charge is 2.12. The zero-order valence-electron chi connectivity index (χ0n) is 15.6. The summed E-state index contributed by atoms with van der Waals surface area (Å²) in [7, 11) is 0. The molecule has 0 fully saturated rings. The third kappa shape index (κ3) is 4.75. The number of aromatic nitrogens is 2. The van der Waals surface area contributed by atoms with E-state index in [0.717, 1.165) is 28.5 Å². The van der Waals surface area contributed by atoms with E-state index in [1.165, 1.54) is 0 Å². The lowest BCUT2D eigenvalue weighted by Crippen LogP contribution is -2.32. The van der Waals surface area contributed by atoms with Gasteiger partial charge in [0.15, 0.2) is 5.82 Å². The number of aryl methyl sites for hydroxylation is 1. The Morgan fingerprint density at radius 3 is 2.61 bits per heavy atom. The van der Waals surface area contributed by atoms with Crippen LogP contribution in [-0.2, 0) is 0 Å². The summed E-state index contributed by atoms with van der Waals surface area (Å²) in [4.78, 5) is 9.21. The van der Waals surface area contributed by atoms with Crippen molar-refractivity contribution in [1.29, 1.82) is 5.26 Å². The van der Waals surface area contributed by atoms with Crippen LogP contribution in [0, 0.1) is 25.2 Å². The lowest BCUT2D eigenvalue weighted by Gasteiger charge is -2.17. The summed E-state index contributed by atoms with van der Waals surface area (Å²) in [5.41, 5.74) is 3.33. The average molecular weight is 415 g/mol. The van der Waals surface area contributed by atoms with Gasteiger partial charge in [-0.25, -0.2) is 9.97 Å². The molecule has 0 atom stereocenters. The van der Waals surface area contributed by atoms with Crippen LogP contribution < -0.4 is 16.0 Å². The fourth-order valence-corrected chi connectivity index (χ4v) is 3.15. The number of anilines is 1. The van der Waals surface area contributed by atoms with E-state index in [-0.39, 0.29) is 0 Å². The van der Waals surface area contributed by atoms with Gasteiger partial charge in [0, 0.05) is 40.5 Å². The third-order valence-corrected chi connectivity index (χ3v) is 4.91. The zero-order valence-corrected chi connectivity index (χ0v) is 17.1. The minimum Gasteiger partial charge on any atom is -0.370 e.